The molecule has 0 fully saturated rings. The number of hydrogen-bond donors (Lipinski definition) is 0. The number of sulfone groups is 1. The SMILES string of the molecule is C#Cc1ccc(-c2cc(C(F)(F)F)nn2-c2ccc(S(C)(=O)=O)nc2)cc1F. The van der Waals surface area contributed by atoms with Crippen molar-refractivity contribution in [2.75, 3.05) is 6.26 Å². The molecule has 2 aromatic heterocycles. The summed E-state index contributed by atoms with van der Waals surface area (Å²) in [6.07, 6.45) is 2.44. The smallest absolute Gasteiger partial charge is 0.242 e. The molecule has 10 heteroatoms. The predicted molar refractivity (Wildman–Crippen MR) is 92.8 cm³/mol. The maximum Gasteiger partial charge on any atom is 0.435 e. The maximum absolute atomic E-state index is 14.0. The van der Waals surface area contributed by atoms with Crippen LogP contribution in [0, 0.1) is 18.2 Å². The average molecular weight is 409 g/mol. The summed E-state index contributed by atoms with van der Waals surface area (Å²) >= 11 is 0. The van der Waals surface area contributed by atoms with E-state index >= 15 is 0 Å². The van der Waals surface area contributed by atoms with Crippen molar-refractivity contribution >= 4 is 9.84 Å². The van der Waals surface area contributed by atoms with Gasteiger partial charge in [0.2, 0.25) is 0 Å². The predicted octanol–water partition coefficient (Wildman–Crippen LogP) is 3.48. The summed E-state index contributed by atoms with van der Waals surface area (Å²) in [6, 6.07) is 6.79. The molecule has 1 aromatic carbocycles. The maximum atomic E-state index is 14.0. The van der Waals surface area contributed by atoms with Gasteiger partial charge in [-0.3, -0.25) is 0 Å². The molecular formula is C18H11F4N3O2S. The number of nitrogens with zero attached hydrogens (tertiary/aromatic N) is 3. The van der Waals surface area contributed by atoms with E-state index in [9.17, 15) is 26.0 Å². The molecule has 0 spiro atoms. The fourth-order valence-electron chi connectivity index (χ4n) is 2.43. The second-order valence-electron chi connectivity index (χ2n) is 5.79. The van der Waals surface area contributed by atoms with E-state index in [1.165, 1.54) is 18.2 Å². The van der Waals surface area contributed by atoms with Crippen molar-refractivity contribution in [3.63, 3.8) is 0 Å². The fraction of sp³-hybridized carbons (Fsp3) is 0.111. The number of benzene rings is 1. The summed E-state index contributed by atoms with van der Waals surface area (Å²) in [4.78, 5) is 3.75. The van der Waals surface area contributed by atoms with Gasteiger partial charge in [0.25, 0.3) is 0 Å². The highest BCUT2D eigenvalue weighted by Gasteiger charge is 2.35. The van der Waals surface area contributed by atoms with Gasteiger partial charge in [-0.25, -0.2) is 22.5 Å². The number of hydrogen-bond acceptors (Lipinski definition) is 4. The van der Waals surface area contributed by atoms with Crippen LogP contribution in [0.5, 0.6) is 0 Å². The van der Waals surface area contributed by atoms with Gasteiger partial charge in [-0.05, 0) is 30.3 Å². The van der Waals surface area contributed by atoms with Crippen LogP contribution in [0.4, 0.5) is 17.6 Å². The first-order valence-electron chi connectivity index (χ1n) is 7.61. The highest BCUT2D eigenvalue weighted by Crippen LogP contribution is 2.33. The Morgan fingerprint density at radius 2 is 1.86 bits per heavy atom. The Bertz CT molecular complexity index is 1190. The summed E-state index contributed by atoms with van der Waals surface area (Å²) in [5.41, 5.74) is -1.13. The summed E-state index contributed by atoms with van der Waals surface area (Å²) in [7, 11) is -3.58. The minimum Gasteiger partial charge on any atom is -0.242 e. The first-order chi connectivity index (χ1) is 13.0. The lowest BCUT2D eigenvalue weighted by Gasteiger charge is -2.08. The molecule has 3 rings (SSSR count). The van der Waals surface area contributed by atoms with Crippen LogP contribution in [0.25, 0.3) is 16.9 Å². The zero-order valence-corrected chi connectivity index (χ0v) is 15.0. The first-order valence-corrected chi connectivity index (χ1v) is 9.50. The topological polar surface area (TPSA) is 64.8 Å². The third-order valence-electron chi connectivity index (χ3n) is 3.77. The first kappa shape index (κ1) is 19.6. The molecule has 5 nitrogen and oxygen atoms in total. The molecule has 0 saturated carbocycles. The summed E-state index contributed by atoms with van der Waals surface area (Å²) in [6.45, 7) is 0. The minimum atomic E-state index is -4.74. The van der Waals surface area contributed by atoms with Crippen LogP contribution in [0.1, 0.15) is 11.3 Å². The fourth-order valence-corrected chi connectivity index (χ4v) is 2.99. The lowest BCUT2D eigenvalue weighted by atomic mass is 10.1. The molecule has 144 valence electrons. The zero-order valence-electron chi connectivity index (χ0n) is 14.2. The highest BCUT2D eigenvalue weighted by molar-refractivity contribution is 7.90. The Balaban J connectivity index is 2.19. The minimum absolute atomic E-state index is 0.0370. The quantitative estimate of drug-likeness (QED) is 0.491. The van der Waals surface area contributed by atoms with Crippen LogP contribution >= 0.6 is 0 Å². The van der Waals surface area contributed by atoms with E-state index in [-0.39, 0.29) is 27.5 Å². The van der Waals surface area contributed by atoms with Gasteiger partial charge < -0.3 is 0 Å². The van der Waals surface area contributed by atoms with Gasteiger partial charge in [-0.15, -0.1) is 6.42 Å². The molecule has 0 bridgehead atoms. The Labute approximate surface area is 157 Å². The second-order valence-corrected chi connectivity index (χ2v) is 7.75. The van der Waals surface area contributed by atoms with Crippen molar-refractivity contribution in [1.82, 2.24) is 14.8 Å². The summed E-state index contributed by atoms with van der Waals surface area (Å²) < 4.78 is 77.4. The molecule has 3 aromatic rings. The van der Waals surface area contributed by atoms with Crippen molar-refractivity contribution in [2.24, 2.45) is 0 Å². The molecule has 2 heterocycles. The molecule has 0 aliphatic rings. The molecule has 0 unspecified atom stereocenters. The third kappa shape index (κ3) is 3.75. The van der Waals surface area contributed by atoms with Gasteiger partial charge >= 0.3 is 6.18 Å². The molecular weight excluding hydrogens is 398 g/mol. The second kappa shape index (κ2) is 6.76. The summed E-state index contributed by atoms with van der Waals surface area (Å²) in [5.74, 6) is 1.35. The van der Waals surface area contributed by atoms with E-state index < -0.39 is 27.5 Å². The standard InChI is InChI=1S/C18H11F4N3O2S/c1-3-11-4-5-12(8-14(11)19)15-9-16(18(20,21)22)24-25(15)13-6-7-17(23-10-13)28(2,26)27/h1,4-10H,2H3. The highest BCUT2D eigenvalue weighted by atomic mass is 32.2. The van der Waals surface area contributed by atoms with Gasteiger partial charge in [-0.2, -0.15) is 18.3 Å². The van der Waals surface area contributed by atoms with E-state index in [2.05, 4.69) is 16.0 Å². The molecule has 0 saturated heterocycles. The molecule has 0 N–H and O–H groups in total. The number of aromatic nitrogens is 3. The van der Waals surface area contributed by atoms with Gasteiger partial charge in [0.1, 0.15) is 5.82 Å². The number of terminal acetylenes is 1. The number of pyridine rings is 1. The van der Waals surface area contributed by atoms with Crippen molar-refractivity contribution in [3.05, 3.63) is 59.7 Å². The van der Waals surface area contributed by atoms with Crippen LogP contribution in [0.3, 0.4) is 0 Å². The van der Waals surface area contributed by atoms with Gasteiger partial charge in [0.05, 0.1) is 23.1 Å². The molecule has 0 radical (unpaired) electrons. The molecule has 0 amide bonds. The Morgan fingerprint density at radius 1 is 1.14 bits per heavy atom. The average Bonchev–Trinajstić information content (AvgIpc) is 3.07. The Morgan fingerprint density at radius 3 is 2.36 bits per heavy atom. The monoisotopic (exact) mass is 409 g/mol. The Kier molecular flexibility index (Phi) is 4.72. The van der Waals surface area contributed by atoms with Crippen molar-refractivity contribution < 1.29 is 26.0 Å². The zero-order chi connectivity index (χ0) is 20.7. The van der Waals surface area contributed by atoms with Crippen LogP contribution in [0.2, 0.25) is 0 Å². The Hall–Kier alpha value is -3.19. The van der Waals surface area contributed by atoms with Gasteiger partial charge in [0.15, 0.2) is 20.6 Å². The lowest BCUT2D eigenvalue weighted by Crippen LogP contribution is -2.08. The summed E-state index contributed by atoms with van der Waals surface area (Å²) in [5, 5.41) is 3.29. The largest absolute Gasteiger partial charge is 0.435 e. The lowest BCUT2D eigenvalue weighted by molar-refractivity contribution is -0.141. The van der Waals surface area contributed by atoms with E-state index in [0.717, 1.165) is 35.3 Å². The number of halogens is 4. The third-order valence-corrected chi connectivity index (χ3v) is 4.77. The van der Waals surface area contributed by atoms with Crippen molar-refractivity contribution in [3.8, 4) is 29.3 Å². The van der Waals surface area contributed by atoms with Crippen molar-refractivity contribution in [2.45, 2.75) is 11.2 Å². The normalized spacial score (nSPS) is 12.0. The van der Waals surface area contributed by atoms with Crippen LogP contribution in [-0.2, 0) is 16.0 Å². The number of rotatable bonds is 3. The molecule has 0 atom stereocenters. The molecule has 0 aliphatic heterocycles. The van der Waals surface area contributed by atoms with Crippen molar-refractivity contribution in [1.29, 1.82) is 0 Å². The van der Waals surface area contributed by atoms with E-state index in [1.807, 2.05) is 0 Å². The van der Waals surface area contributed by atoms with Gasteiger partial charge in [-0.1, -0.05) is 12.0 Å². The molecule has 0 aliphatic carbocycles. The van der Waals surface area contributed by atoms with Crippen LogP contribution in [-0.4, -0.2) is 29.4 Å². The van der Waals surface area contributed by atoms with E-state index in [0.29, 0.717) is 0 Å². The van der Waals surface area contributed by atoms with Crippen LogP contribution < -0.4 is 0 Å². The van der Waals surface area contributed by atoms with E-state index in [1.54, 1.807) is 0 Å². The number of alkyl halides is 3. The van der Waals surface area contributed by atoms with E-state index in [4.69, 9.17) is 6.42 Å². The van der Waals surface area contributed by atoms with Crippen LogP contribution in [0.15, 0.2) is 47.6 Å². The van der Waals surface area contributed by atoms with Gasteiger partial charge in [0, 0.05) is 11.8 Å². The molecule has 28 heavy (non-hydrogen) atoms.